The Hall–Kier alpha value is -2.44. The molecule has 19 heavy (non-hydrogen) atoms. The van der Waals surface area contributed by atoms with Gasteiger partial charge in [-0.05, 0) is 12.1 Å². The Balaban J connectivity index is 2.56. The van der Waals surface area contributed by atoms with Crippen LogP contribution in [0, 0.1) is 0 Å². The number of para-hydroxylation sites is 1. The molecule has 1 aromatic carbocycles. The molecule has 3 N–H and O–H groups in total. The summed E-state index contributed by atoms with van der Waals surface area (Å²) in [7, 11) is 0. The highest BCUT2D eigenvalue weighted by Gasteiger charge is 2.33. The van der Waals surface area contributed by atoms with Gasteiger partial charge in [-0.15, -0.1) is 0 Å². The molecule has 2 heterocycles. The molecule has 0 aliphatic heterocycles. The van der Waals surface area contributed by atoms with Gasteiger partial charge in [0.1, 0.15) is 11.6 Å². The number of fused-ring (bicyclic) bond motifs is 2. The molecule has 0 spiro atoms. The fraction of sp³-hybridized carbons (Fsp3) is 0.0833. The Kier molecular flexibility index (Phi) is 2.16. The van der Waals surface area contributed by atoms with Crippen LogP contribution in [0.5, 0.6) is 0 Å². The minimum atomic E-state index is -4.55. The number of nitrogens with two attached hydrogens (primary N) is 1. The number of pyridine rings is 1. The van der Waals surface area contributed by atoms with Crippen molar-refractivity contribution in [3.63, 3.8) is 0 Å². The Morgan fingerprint density at radius 3 is 2.68 bits per heavy atom. The van der Waals surface area contributed by atoms with Gasteiger partial charge in [-0.25, -0.2) is 0 Å². The number of hydrogen-bond donors (Lipinski definition) is 2. The van der Waals surface area contributed by atoms with Crippen LogP contribution >= 0.6 is 0 Å². The van der Waals surface area contributed by atoms with Crippen molar-refractivity contribution in [2.75, 3.05) is 5.73 Å². The number of H-pyrrole nitrogens is 1. The predicted octanol–water partition coefficient (Wildman–Crippen LogP) is 2.88. The molecule has 3 aromatic rings. The van der Waals surface area contributed by atoms with Crippen LogP contribution in [0.1, 0.15) is 5.56 Å². The molecule has 4 nitrogen and oxygen atoms in total. The number of hydrogen-bond acceptors (Lipinski definition) is 3. The lowest BCUT2D eigenvalue weighted by Crippen LogP contribution is -2.11. The summed E-state index contributed by atoms with van der Waals surface area (Å²) in [5.74, 6) is -0.115. The maximum absolute atomic E-state index is 12.9. The molecular formula is C12H7F3N2O2. The minimum Gasteiger partial charge on any atom is -0.446 e. The SMILES string of the molecule is Nc1occ2[nH]c3c(C(F)(F)F)cccc3c(=O)c12. The van der Waals surface area contributed by atoms with Crippen molar-refractivity contribution < 1.29 is 17.6 Å². The summed E-state index contributed by atoms with van der Waals surface area (Å²) in [6.45, 7) is 0. The van der Waals surface area contributed by atoms with Gasteiger partial charge in [-0.3, -0.25) is 4.79 Å². The molecule has 0 saturated heterocycles. The number of alkyl halides is 3. The molecule has 7 heteroatoms. The van der Waals surface area contributed by atoms with Gasteiger partial charge in [0.05, 0.1) is 16.6 Å². The summed E-state index contributed by atoms with van der Waals surface area (Å²) in [5, 5.41) is -0.0118. The second-order valence-corrected chi connectivity index (χ2v) is 4.07. The first-order valence-electron chi connectivity index (χ1n) is 5.28. The van der Waals surface area contributed by atoms with Gasteiger partial charge in [0.15, 0.2) is 0 Å². The zero-order chi connectivity index (χ0) is 13.8. The van der Waals surface area contributed by atoms with Gasteiger partial charge in [-0.2, -0.15) is 13.2 Å². The summed E-state index contributed by atoms with van der Waals surface area (Å²) in [5.41, 5.74) is 3.88. The summed E-state index contributed by atoms with van der Waals surface area (Å²) in [4.78, 5) is 14.7. The fourth-order valence-electron chi connectivity index (χ4n) is 2.08. The number of nitrogens with one attached hydrogen (secondary N) is 1. The van der Waals surface area contributed by atoms with Crippen molar-refractivity contribution in [2.24, 2.45) is 0 Å². The third-order valence-corrected chi connectivity index (χ3v) is 2.92. The van der Waals surface area contributed by atoms with Gasteiger partial charge >= 0.3 is 6.18 Å². The molecule has 0 unspecified atom stereocenters. The van der Waals surface area contributed by atoms with Crippen LogP contribution in [-0.4, -0.2) is 4.98 Å². The Bertz CT molecular complexity index is 846. The van der Waals surface area contributed by atoms with E-state index < -0.39 is 17.2 Å². The van der Waals surface area contributed by atoms with Crippen LogP contribution in [0.15, 0.2) is 33.7 Å². The molecule has 0 fully saturated rings. The number of aromatic nitrogens is 1. The number of anilines is 1. The molecule has 0 bridgehead atoms. The molecule has 0 aliphatic carbocycles. The molecule has 0 aliphatic rings. The Morgan fingerprint density at radius 2 is 2.00 bits per heavy atom. The van der Waals surface area contributed by atoms with E-state index in [1.54, 1.807) is 0 Å². The van der Waals surface area contributed by atoms with Crippen LogP contribution in [0.25, 0.3) is 21.8 Å². The molecule has 2 aromatic heterocycles. The topological polar surface area (TPSA) is 72.0 Å². The summed E-state index contributed by atoms with van der Waals surface area (Å²) in [6, 6.07) is 3.41. The second kappa shape index (κ2) is 3.53. The van der Waals surface area contributed by atoms with E-state index >= 15 is 0 Å². The quantitative estimate of drug-likeness (QED) is 0.658. The minimum absolute atomic E-state index is 0.0619. The van der Waals surface area contributed by atoms with Gasteiger partial charge < -0.3 is 15.1 Å². The van der Waals surface area contributed by atoms with E-state index in [-0.39, 0.29) is 27.7 Å². The van der Waals surface area contributed by atoms with Crippen LogP contribution < -0.4 is 11.2 Å². The molecule has 0 amide bonds. The second-order valence-electron chi connectivity index (χ2n) is 4.07. The van der Waals surface area contributed by atoms with Crippen LogP contribution in [-0.2, 0) is 6.18 Å². The molecule has 0 radical (unpaired) electrons. The highest BCUT2D eigenvalue weighted by atomic mass is 19.4. The first-order chi connectivity index (χ1) is 8.89. The maximum Gasteiger partial charge on any atom is 0.418 e. The zero-order valence-corrected chi connectivity index (χ0v) is 9.34. The lowest BCUT2D eigenvalue weighted by atomic mass is 10.1. The zero-order valence-electron chi connectivity index (χ0n) is 9.34. The lowest BCUT2D eigenvalue weighted by molar-refractivity contribution is -0.136. The number of aromatic amines is 1. The number of furan rings is 1. The van der Waals surface area contributed by atoms with Crippen molar-refractivity contribution in [3.8, 4) is 0 Å². The normalized spacial score (nSPS) is 12.4. The van der Waals surface area contributed by atoms with E-state index in [0.717, 1.165) is 12.3 Å². The average molecular weight is 268 g/mol. The van der Waals surface area contributed by atoms with Gasteiger partial charge in [0.2, 0.25) is 11.3 Å². The van der Waals surface area contributed by atoms with Crippen LogP contribution in [0.3, 0.4) is 0 Å². The van der Waals surface area contributed by atoms with E-state index in [1.165, 1.54) is 12.1 Å². The largest absolute Gasteiger partial charge is 0.446 e. The molecule has 3 rings (SSSR count). The Morgan fingerprint density at radius 1 is 1.26 bits per heavy atom. The highest BCUT2D eigenvalue weighted by Crippen LogP contribution is 2.34. The standard InChI is InChI=1S/C12H7F3N2O2/c13-12(14,15)6-3-1-2-5-9(6)17-7-4-19-11(16)8(7)10(5)18/h1-4,17H,16H2. The summed E-state index contributed by atoms with van der Waals surface area (Å²) in [6.07, 6.45) is -3.43. The molecule has 0 saturated carbocycles. The van der Waals surface area contributed by atoms with Crippen molar-refractivity contribution in [1.29, 1.82) is 0 Å². The van der Waals surface area contributed by atoms with E-state index in [2.05, 4.69) is 4.98 Å². The highest BCUT2D eigenvalue weighted by molar-refractivity contribution is 5.98. The smallest absolute Gasteiger partial charge is 0.418 e. The average Bonchev–Trinajstić information content (AvgIpc) is 2.69. The van der Waals surface area contributed by atoms with Crippen molar-refractivity contribution in [2.45, 2.75) is 6.18 Å². The molecule has 0 atom stereocenters. The van der Waals surface area contributed by atoms with E-state index in [0.29, 0.717) is 0 Å². The van der Waals surface area contributed by atoms with Gasteiger partial charge in [0, 0.05) is 5.39 Å². The van der Waals surface area contributed by atoms with E-state index in [1.807, 2.05) is 0 Å². The van der Waals surface area contributed by atoms with Crippen LogP contribution in [0.4, 0.5) is 19.1 Å². The fourth-order valence-corrected chi connectivity index (χ4v) is 2.08. The molecule has 98 valence electrons. The van der Waals surface area contributed by atoms with Crippen molar-refractivity contribution in [3.05, 3.63) is 40.2 Å². The van der Waals surface area contributed by atoms with E-state index in [4.69, 9.17) is 10.2 Å². The summed E-state index contributed by atoms with van der Waals surface area (Å²) >= 11 is 0. The summed E-state index contributed by atoms with van der Waals surface area (Å²) < 4.78 is 43.5. The monoisotopic (exact) mass is 268 g/mol. The third-order valence-electron chi connectivity index (χ3n) is 2.92. The van der Waals surface area contributed by atoms with E-state index in [9.17, 15) is 18.0 Å². The Labute approximate surface area is 103 Å². The number of nitrogen functional groups attached to an aromatic ring is 1. The van der Waals surface area contributed by atoms with Gasteiger partial charge in [-0.1, -0.05) is 6.07 Å². The van der Waals surface area contributed by atoms with Crippen LogP contribution in [0.2, 0.25) is 0 Å². The first-order valence-corrected chi connectivity index (χ1v) is 5.28. The predicted molar refractivity (Wildman–Crippen MR) is 63.8 cm³/mol. The first kappa shape index (κ1) is 11.6. The molecular weight excluding hydrogens is 261 g/mol. The third kappa shape index (κ3) is 1.58. The lowest BCUT2D eigenvalue weighted by Gasteiger charge is -2.09. The van der Waals surface area contributed by atoms with Gasteiger partial charge in [0.25, 0.3) is 0 Å². The number of rotatable bonds is 0. The number of halogens is 3. The number of benzene rings is 1. The van der Waals surface area contributed by atoms with Crippen molar-refractivity contribution in [1.82, 2.24) is 4.98 Å². The maximum atomic E-state index is 12.9. The van der Waals surface area contributed by atoms with Crippen molar-refractivity contribution >= 4 is 27.7 Å².